The Morgan fingerprint density at radius 2 is 1.95 bits per heavy atom. The molecule has 3 aromatic rings. The van der Waals surface area contributed by atoms with E-state index in [1.165, 1.54) is 19.2 Å². The number of phenols is 1. The number of rotatable bonds is 2. The topological polar surface area (TPSA) is 42.6 Å². The highest BCUT2D eigenvalue weighted by molar-refractivity contribution is 5.96. The summed E-state index contributed by atoms with van der Waals surface area (Å²) in [6.07, 6.45) is 1.57. The van der Waals surface area contributed by atoms with Crippen molar-refractivity contribution in [1.82, 2.24) is 0 Å². The lowest BCUT2D eigenvalue weighted by atomic mass is 10.0. The Morgan fingerprint density at radius 3 is 2.74 bits per heavy atom. The van der Waals surface area contributed by atoms with Crippen molar-refractivity contribution in [1.29, 1.82) is 0 Å². The second-order valence-corrected chi connectivity index (χ2v) is 4.17. The summed E-state index contributed by atoms with van der Waals surface area (Å²) in [6, 6.07) is 9.15. The van der Waals surface area contributed by atoms with Crippen LogP contribution >= 0.6 is 0 Å². The van der Waals surface area contributed by atoms with Gasteiger partial charge in [-0.1, -0.05) is 0 Å². The smallest absolute Gasteiger partial charge is 0.134 e. The van der Waals surface area contributed by atoms with Crippen LogP contribution in [-0.2, 0) is 0 Å². The van der Waals surface area contributed by atoms with Crippen molar-refractivity contribution in [3.05, 3.63) is 48.5 Å². The standard InChI is InChI=1S/C15H11FO3/c1-18-15-6-9(16)2-4-11(15)13-8-19-14-5-3-10(17)7-12(13)14/h2-8,17H,1H3. The number of phenolic OH excluding ortho intramolecular Hbond substituents is 1. The molecule has 0 amide bonds. The maximum Gasteiger partial charge on any atom is 0.134 e. The Kier molecular flexibility index (Phi) is 2.63. The Morgan fingerprint density at radius 1 is 1.11 bits per heavy atom. The predicted octanol–water partition coefficient (Wildman–Crippen LogP) is 3.95. The number of aromatic hydroxyl groups is 1. The first-order chi connectivity index (χ1) is 9.19. The second kappa shape index (κ2) is 4.31. The van der Waals surface area contributed by atoms with Gasteiger partial charge in [0.05, 0.1) is 13.4 Å². The highest BCUT2D eigenvalue weighted by atomic mass is 19.1. The summed E-state index contributed by atoms with van der Waals surface area (Å²) < 4.78 is 23.8. The van der Waals surface area contributed by atoms with Crippen LogP contribution in [0.2, 0.25) is 0 Å². The first-order valence-corrected chi connectivity index (χ1v) is 5.73. The molecule has 0 aliphatic rings. The van der Waals surface area contributed by atoms with Crippen LogP contribution < -0.4 is 4.74 Å². The minimum Gasteiger partial charge on any atom is -0.508 e. The third-order valence-electron chi connectivity index (χ3n) is 3.01. The molecule has 2 aromatic carbocycles. The van der Waals surface area contributed by atoms with Crippen molar-refractivity contribution in [2.24, 2.45) is 0 Å². The summed E-state index contributed by atoms with van der Waals surface area (Å²) in [5, 5.41) is 10.3. The summed E-state index contributed by atoms with van der Waals surface area (Å²) >= 11 is 0. The summed E-state index contributed by atoms with van der Waals surface area (Å²) in [4.78, 5) is 0. The van der Waals surface area contributed by atoms with Crippen molar-refractivity contribution < 1.29 is 18.7 Å². The van der Waals surface area contributed by atoms with Crippen LogP contribution in [0.25, 0.3) is 22.1 Å². The van der Waals surface area contributed by atoms with Crippen molar-refractivity contribution in [2.45, 2.75) is 0 Å². The Hall–Kier alpha value is -2.49. The number of halogens is 1. The van der Waals surface area contributed by atoms with Crippen molar-refractivity contribution in [2.75, 3.05) is 7.11 Å². The molecule has 3 rings (SSSR count). The normalized spacial score (nSPS) is 10.8. The quantitative estimate of drug-likeness (QED) is 0.756. The van der Waals surface area contributed by atoms with Crippen LogP contribution in [0.1, 0.15) is 0 Å². The molecule has 0 saturated carbocycles. The zero-order valence-electron chi connectivity index (χ0n) is 10.2. The second-order valence-electron chi connectivity index (χ2n) is 4.17. The minimum absolute atomic E-state index is 0.149. The van der Waals surface area contributed by atoms with E-state index in [4.69, 9.17) is 9.15 Å². The molecule has 0 aliphatic heterocycles. The number of benzene rings is 2. The fourth-order valence-corrected chi connectivity index (χ4v) is 2.11. The maximum absolute atomic E-state index is 13.2. The molecule has 1 heterocycles. The van der Waals surface area contributed by atoms with E-state index in [9.17, 15) is 9.50 Å². The first-order valence-electron chi connectivity index (χ1n) is 5.73. The van der Waals surface area contributed by atoms with Gasteiger partial charge in [-0.15, -0.1) is 0 Å². The summed E-state index contributed by atoms with van der Waals surface area (Å²) in [5.74, 6) is 0.207. The fraction of sp³-hybridized carbons (Fsp3) is 0.0667. The van der Waals surface area contributed by atoms with E-state index in [-0.39, 0.29) is 11.6 Å². The van der Waals surface area contributed by atoms with Crippen LogP contribution in [0.15, 0.2) is 47.1 Å². The third-order valence-corrected chi connectivity index (χ3v) is 3.01. The summed E-state index contributed by atoms with van der Waals surface area (Å²) in [7, 11) is 1.48. The van der Waals surface area contributed by atoms with Crippen molar-refractivity contribution >= 4 is 11.0 Å². The van der Waals surface area contributed by atoms with E-state index in [0.717, 1.165) is 10.9 Å². The summed E-state index contributed by atoms with van der Waals surface area (Å²) in [5.41, 5.74) is 2.12. The molecule has 0 aliphatic carbocycles. The van der Waals surface area contributed by atoms with Gasteiger partial charge in [-0.25, -0.2) is 4.39 Å². The lowest BCUT2D eigenvalue weighted by Gasteiger charge is -2.07. The van der Waals surface area contributed by atoms with Crippen LogP contribution in [0.5, 0.6) is 11.5 Å². The molecule has 0 unspecified atom stereocenters. The Bertz CT molecular complexity index is 746. The van der Waals surface area contributed by atoms with E-state index in [1.54, 1.807) is 30.5 Å². The number of methoxy groups -OCH3 is 1. The molecule has 96 valence electrons. The molecule has 1 aromatic heterocycles. The van der Waals surface area contributed by atoms with Gasteiger partial charge < -0.3 is 14.3 Å². The SMILES string of the molecule is COc1cc(F)ccc1-c1coc2ccc(O)cc12. The molecule has 0 atom stereocenters. The number of fused-ring (bicyclic) bond motifs is 1. The molecule has 0 saturated heterocycles. The zero-order valence-corrected chi connectivity index (χ0v) is 10.2. The van der Waals surface area contributed by atoms with Crippen LogP contribution in [-0.4, -0.2) is 12.2 Å². The summed E-state index contributed by atoms with van der Waals surface area (Å²) in [6.45, 7) is 0. The first kappa shape index (κ1) is 11.6. The van der Waals surface area contributed by atoms with Crippen molar-refractivity contribution in [3.63, 3.8) is 0 Å². The van der Waals surface area contributed by atoms with Gasteiger partial charge in [0.1, 0.15) is 22.9 Å². The number of hydrogen-bond donors (Lipinski definition) is 1. The van der Waals surface area contributed by atoms with Crippen LogP contribution in [0.4, 0.5) is 4.39 Å². The molecule has 1 N–H and O–H groups in total. The molecular formula is C15H11FO3. The van der Waals surface area contributed by atoms with Crippen LogP contribution in [0, 0.1) is 5.82 Å². The molecular weight excluding hydrogens is 247 g/mol. The van der Waals surface area contributed by atoms with Gasteiger partial charge in [0.2, 0.25) is 0 Å². The molecule has 0 spiro atoms. The molecule has 3 nitrogen and oxygen atoms in total. The van der Waals surface area contributed by atoms with Gasteiger partial charge in [-0.3, -0.25) is 0 Å². The Labute approximate surface area is 108 Å². The highest BCUT2D eigenvalue weighted by Gasteiger charge is 2.13. The van der Waals surface area contributed by atoms with Gasteiger partial charge in [0.25, 0.3) is 0 Å². The molecule has 4 heteroatoms. The zero-order chi connectivity index (χ0) is 13.4. The van der Waals surface area contributed by atoms with Gasteiger partial charge in [-0.2, -0.15) is 0 Å². The molecule has 0 bridgehead atoms. The molecule has 19 heavy (non-hydrogen) atoms. The van der Waals surface area contributed by atoms with Gasteiger partial charge >= 0.3 is 0 Å². The van der Waals surface area contributed by atoms with E-state index in [0.29, 0.717) is 16.9 Å². The lowest BCUT2D eigenvalue weighted by Crippen LogP contribution is -1.88. The highest BCUT2D eigenvalue weighted by Crippen LogP contribution is 2.37. The monoisotopic (exact) mass is 258 g/mol. The van der Waals surface area contributed by atoms with Crippen molar-refractivity contribution in [3.8, 4) is 22.6 Å². The van der Waals surface area contributed by atoms with Gasteiger partial charge in [0, 0.05) is 22.6 Å². The van der Waals surface area contributed by atoms with E-state index < -0.39 is 0 Å². The van der Waals surface area contributed by atoms with E-state index in [2.05, 4.69) is 0 Å². The lowest BCUT2D eigenvalue weighted by molar-refractivity contribution is 0.413. The molecule has 0 fully saturated rings. The average Bonchev–Trinajstić information content (AvgIpc) is 2.81. The predicted molar refractivity (Wildman–Crippen MR) is 69.8 cm³/mol. The third kappa shape index (κ3) is 1.91. The van der Waals surface area contributed by atoms with Crippen LogP contribution in [0.3, 0.4) is 0 Å². The fourth-order valence-electron chi connectivity index (χ4n) is 2.11. The van der Waals surface area contributed by atoms with Gasteiger partial charge in [0.15, 0.2) is 0 Å². The number of furan rings is 1. The Balaban J connectivity index is 2.27. The van der Waals surface area contributed by atoms with E-state index in [1.807, 2.05) is 0 Å². The number of hydrogen-bond acceptors (Lipinski definition) is 3. The average molecular weight is 258 g/mol. The molecule has 0 radical (unpaired) electrons. The van der Waals surface area contributed by atoms with E-state index >= 15 is 0 Å². The number of ether oxygens (including phenoxy) is 1. The largest absolute Gasteiger partial charge is 0.508 e. The minimum atomic E-state index is -0.365. The van der Waals surface area contributed by atoms with Gasteiger partial charge in [-0.05, 0) is 30.3 Å². The maximum atomic E-state index is 13.2.